The van der Waals surface area contributed by atoms with E-state index in [0.717, 1.165) is 32.1 Å². The Hall–Kier alpha value is -0.550. The lowest BCUT2D eigenvalue weighted by molar-refractivity contribution is -0.0902. The minimum atomic E-state index is -0.431. The van der Waals surface area contributed by atoms with Crippen LogP contribution in [-0.2, 0) is 0 Å². The molecule has 0 aromatic rings. The van der Waals surface area contributed by atoms with Crippen molar-refractivity contribution in [3.8, 4) is 6.07 Å². The fraction of sp³-hybridized carbons (Fsp3) is 0.923. The van der Waals surface area contributed by atoms with Gasteiger partial charge in [-0.25, -0.2) is 0 Å². The average molecular weight is 207 g/mol. The summed E-state index contributed by atoms with van der Waals surface area (Å²) in [5.41, 5.74) is -0.199. The molecule has 2 rings (SSSR count). The molecule has 0 aliphatic heterocycles. The van der Waals surface area contributed by atoms with Gasteiger partial charge in [-0.05, 0) is 37.0 Å². The number of aliphatic hydroxyl groups excluding tert-OH is 1. The molecule has 0 spiro atoms. The van der Waals surface area contributed by atoms with E-state index in [0.29, 0.717) is 5.92 Å². The average Bonchev–Trinajstić information content (AvgIpc) is 2.19. The van der Waals surface area contributed by atoms with Gasteiger partial charge in [-0.15, -0.1) is 0 Å². The number of fused-ring (bicyclic) bond motifs is 1. The minimum Gasteiger partial charge on any atom is -0.391 e. The van der Waals surface area contributed by atoms with E-state index in [4.69, 9.17) is 0 Å². The Morgan fingerprint density at radius 1 is 1.20 bits per heavy atom. The maximum atomic E-state index is 10.2. The topological polar surface area (TPSA) is 44.0 Å². The normalized spacial score (nSPS) is 44.1. The first-order valence-corrected chi connectivity index (χ1v) is 6.12. The lowest BCUT2D eigenvalue weighted by Crippen LogP contribution is -2.52. The summed E-state index contributed by atoms with van der Waals surface area (Å²) in [4.78, 5) is 0. The Morgan fingerprint density at radius 3 is 2.53 bits per heavy atom. The van der Waals surface area contributed by atoms with E-state index < -0.39 is 5.41 Å². The zero-order valence-electron chi connectivity index (χ0n) is 9.79. The van der Waals surface area contributed by atoms with Crippen molar-refractivity contribution >= 4 is 0 Å². The molecule has 0 aromatic carbocycles. The molecule has 0 amide bonds. The van der Waals surface area contributed by atoms with E-state index in [9.17, 15) is 10.4 Å². The number of hydrogen-bond donors (Lipinski definition) is 1. The Balaban J connectivity index is 2.37. The summed E-state index contributed by atoms with van der Waals surface area (Å²) in [6.45, 7) is 4.53. The van der Waals surface area contributed by atoms with Crippen molar-refractivity contribution in [3.63, 3.8) is 0 Å². The summed E-state index contributed by atoms with van der Waals surface area (Å²) in [6, 6.07) is 2.47. The number of rotatable bonds is 0. The summed E-state index contributed by atoms with van der Waals surface area (Å²) in [7, 11) is 0. The van der Waals surface area contributed by atoms with E-state index in [-0.39, 0.29) is 11.5 Å². The zero-order valence-corrected chi connectivity index (χ0v) is 9.79. The van der Waals surface area contributed by atoms with Crippen molar-refractivity contribution in [2.24, 2.45) is 16.7 Å². The molecule has 0 bridgehead atoms. The lowest BCUT2D eigenvalue weighted by Gasteiger charge is -2.53. The molecule has 2 nitrogen and oxygen atoms in total. The fourth-order valence-electron chi connectivity index (χ4n) is 3.91. The van der Waals surface area contributed by atoms with Crippen LogP contribution in [0.3, 0.4) is 0 Å². The van der Waals surface area contributed by atoms with E-state index in [1.807, 2.05) is 0 Å². The first-order valence-electron chi connectivity index (χ1n) is 6.12. The summed E-state index contributed by atoms with van der Waals surface area (Å²) in [5, 5.41) is 19.6. The monoisotopic (exact) mass is 207 g/mol. The predicted molar refractivity (Wildman–Crippen MR) is 59.0 cm³/mol. The van der Waals surface area contributed by atoms with Gasteiger partial charge in [0.25, 0.3) is 0 Å². The maximum absolute atomic E-state index is 10.2. The molecule has 0 unspecified atom stereocenters. The molecule has 2 saturated carbocycles. The van der Waals surface area contributed by atoms with Crippen molar-refractivity contribution < 1.29 is 5.11 Å². The molecular formula is C13H21NO. The highest BCUT2D eigenvalue weighted by Crippen LogP contribution is 2.57. The van der Waals surface area contributed by atoms with Crippen LogP contribution >= 0.6 is 0 Å². The van der Waals surface area contributed by atoms with Gasteiger partial charge in [0.2, 0.25) is 0 Å². The molecule has 2 aliphatic carbocycles. The number of aliphatic hydroxyl groups is 1. The quantitative estimate of drug-likeness (QED) is 0.663. The largest absolute Gasteiger partial charge is 0.391 e. The molecule has 84 valence electrons. The summed E-state index contributed by atoms with van der Waals surface area (Å²) in [5.74, 6) is 0.396. The minimum absolute atomic E-state index is 0.232. The van der Waals surface area contributed by atoms with Crippen molar-refractivity contribution in [2.75, 3.05) is 0 Å². The van der Waals surface area contributed by atoms with Crippen LogP contribution in [0, 0.1) is 28.1 Å². The summed E-state index contributed by atoms with van der Waals surface area (Å²) >= 11 is 0. The molecule has 3 atom stereocenters. The second kappa shape index (κ2) is 3.49. The van der Waals surface area contributed by atoms with Gasteiger partial charge >= 0.3 is 0 Å². The van der Waals surface area contributed by atoms with E-state index in [1.54, 1.807) is 0 Å². The van der Waals surface area contributed by atoms with E-state index in [2.05, 4.69) is 19.9 Å². The molecule has 0 aromatic heterocycles. The lowest BCUT2D eigenvalue weighted by atomic mass is 9.50. The van der Waals surface area contributed by atoms with Crippen LogP contribution in [-0.4, -0.2) is 11.2 Å². The Kier molecular flexibility index (Phi) is 2.55. The molecule has 2 aliphatic rings. The Labute approximate surface area is 92.3 Å². The molecule has 0 saturated heterocycles. The van der Waals surface area contributed by atoms with Crippen LogP contribution in [0.25, 0.3) is 0 Å². The molecule has 1 N–H and O–H groups in total. The first kappa shape index (κ1) is 11.0. The van der Waals surface area contributed by atoms with Gasteiger partial charge < -0.3 is 5.11 Å². The maximum Gasteiger partial charge on any atom is 0.0865 e. The highest BCUT2D eigenvalue weighted by Gasteiger charge is 2.54. The van der Waals surface area contributed by atoms with Crippen LogP contribution in [0.1, 0.15) is 52.4 Å². The predicted octanol–water partition coefficient (Wildman–Crippen LogP) is 2.87. The van der Waals surface area contributed by atoms with Gasteiger partial charge in [-0.1, -0.05) is 26.7 Å². The van der Waals surface area contributed by atoms with Crippen LogP contribution in [0.5, 0.6) is 0 Å². The van der Waals surface area contributed by atoms with Crippen LogP contribution in [0.2, 0.25) is 0 Å². The van der Waals surface area contributed by atoms with Crippen LogP contribution in [0.15, 0.2) is 0 Å². The zero-order chi connectivity index (χ0) is 11.1. The highest BCUT2D eigenvalue weighted by atomic mass is 16.3. The molecule has 15 heavy (non-hydrogen) atoms. The smallest absolute Gasteiger partial charge is 0.0865 e. The Bertz CT molecular complexity index is 291. The first-order chi connectivity index (χ1) is 7.03. The fourth-order valence-corrected chi connectivity index (χ4v) is 3.91. The Morgan fingerprint density at radius 2 is 1.93 bits per heavy atom. The third-order valence-electron chi connectivity index (χ3n) is 4.75. The second-order valence-electron chi connectivity index (χ2n) is 5.99. The van der Waals surface area contributed by atoms with Gasteiger partial charge in [0.1, 0.15) is 0 Å². The van der Waals surface area contributed by atoms with Gasteiger partial charge in [-0.2, -0.15) is 5.26 Å². The molecule has 0 radical (unpaired) electrons. The SMILES string of the molecule is CC1(C)CCC[C@]2(C#N)[C@@H](O)CCC[C@@H]12. The van der Waals surface area contributed by atoms with Crippen molar-refractivity contribution in [1.29, 1.82) is 5.26 Å². The van der Waals surface area contributed by atoms with E-state index >= 15 is 0 Å². The third-order valence-corrected chi connectivity index (χ3v) is 4.75. The van der Waals surface area contributed by atoms with Gasteiger partial charge in [-0.3, -0.25) is 0 Å². The van der Waals surface area contributed by atoms with Gasteiger partial charge in [0.15, 0.2) is 0 Å². The van der Waals surface area contributed by atoms with Gasteiger partial charge in [0, 0.05) is 0 Å². The van der Waals surface area contributed by atoms with Crippen LogP contribution in [0.4, 0.5) is 0 Å². The molecule has 0 heterocycles. The number of nitriles is 1. The summed E-state index contributed by atoms with van der Waals surface area (Å²) < 4.78 is 0. The summed E-state index contributed by atoms with van der Waals surface area (Å²) in [6.07, 6.45) is 5.83. The molecule has 2 heteroatoms. The van der Waals surface area contributed by atoms with Crippen molar-refractivity contribution in [3.05, 3.63) is 0 Å². The number of hydrogen-bond acceptors (Lipinski definition) is 2. The third kappa shape index (κ3) is 1.49. The van der Waals surface area contributed by atoms with Crippen LogP contribution < -0.4 is 0 Å². The highest BCUT2D eigenvalue weighted by molar-refractivity contribution is 5.14. The van der Waals surface area contributed by atoms with E-state index in [1.165, 1.54) is 6.42 Å². The number of nitrogens with zero attached hydrogens (tertiary/aromatic N) is 1. The van der Waals surface area contributed by atoms with Crippen molar-refractivity contribution in [2.45, 2.75) is 58.5 Å². The molecule has 2 fully saturated rings. The standard InChI is InChI=1S/C13H21NO/c1-12(2)7-4-8-13(9-14)10(12)5-3-6-11(13)15/h10-11,15H,3-8H2,1-2H3/t10-,11-,13+/m0/s1. The van der Waals surface area contributed by atoms with Gasteiger partial charge in [0.05, 0.1) is 17.6 Å². The second-order valence-corrected chi connectivity index (χ2v) is 5.99. The molecular weight excluding hydrogens is 186 g/mol. The van der Waals surface area contributed by atoms with Crippen molar-refractivity contribution in [1.82, 2.24) is 0 Å².